The summed E-state index contributed by atoms with van der Waals surface area (Å²) in [6, 6.07) is 15.3. The predicted octanol–water partition coefficient (Wildman–Crippen LogP) is 11.3. The van der Waals surface area contributed by atoms with Crippen molar-refractivity contribution < 1.29 is 19.2 Å². The molecule has 0 aliphatic heterocycles. The van der Waals surface area contributed by atoms with Gasteiger partial charge in [-0.2, -0.15) is 0 Å². The molecule has 0 saturated heterocycles. The average Bonchev–Trinajstić information content (AvgIpc) is 3.17. The van der Waals surface area contributed by atoms with Crippen LogP contribution in [0, 0.1) is 0 Å². The first-order chi connectivity index (χ1) is 25.7. The molecule has 0 amide bonds. The van der Waals surface area contributed by atoms with Crippen LogP contribution < -0.4 is 0 Å². The highest BCUT2D eigenvalue weighted by Gasteiger charge is 2.18. The van der Waals surface area contributed by atoms with Crippen LogP contribution in [0.2, 0.25) is 0 Å². The third-order valence-corrected chi connectivity index (χ3v) is 7.18. The molecule has 0 radical (unpaired) electrons. The van der Waals surface area contributed by atoms with Crippen LogP contribution in [0.15, 0.2) is 157 Å². The van der Waals surface area contributed by atoms with E-state index < -0.39 is 66.5 Å². The van der Waals surface area contributed by atoms with Gasteiger partial charge in [0.05, 0.1) is 19.2 Å². The Bertz CT molecular complexity index is 2920. The van der Waals surface area contributed by atoms with E-state index in [4.69, 9.17) is 19.2 Å². The van der Waals surface area contributed by atoms with Crippen LogP contribution in [0.25, 0.3) is 76.5 Å². The first kappa shape index (κ1) is 12.8. The van der Waals surface area contributed by atoms with E-state index in [1.54, 1.807) is 30.3 Å². The second-order valence-corrected chi connectivity index (χ2v) is 9.42. The standard InChI is InChI=1S/C40H26/c1-2-13-29-25-31(24-23-27(29)11-1)30-15-9-16-32(26-30)39-35-18-5-7-20-37(35)40(38-21-8-6-19-36(38)39)34-22-10-14-28-12-3-4-17-33(28)34/h1-26H/i1D,2D,3D,4D,10D,11D,12D,13D,14D,17D,22D,23D,24D,25D. The minimum Gasteiger partial charge on any atom is -0.0616 e. The van der Waals surface area contributed by atoms with Crippen LogP contribution in [0.5, 0.6) is 0 Å². The number of benzene rings is 8. The van der Waals surface area contributed by atoms with Crippen molar-refractivity contribution in [3.8, 4) is 33.4 Å². The zero-order valence-corrected chi connectivity index (χ0v) is 20.9. The molecule has 8 rings (SSSR count). The molecule has 8 aromatic rings. The quantitative estimate of drug-likeness (QED) is 0.203. The van der Waals surface area contributed by atoms with E-state index in [9.17, 15) is 0 Å². The summed E-state index contributed by atoms with van der Waals surface area (Å²) in [5, 5.41) is 2.07. The SMILES string of the molecule is [2H]c1c([2H])c([2H])c2c([2H])c(-c3cccc(-c4c5ccccc5c(-c5c([2H])c([2H])c([2H])c6c([2H])c([2H])c([2H])c([2H])c56)c5ccccc45)c3)c([2H])c([2H])c2c1[2H]. The molecule has 0 aromatic heterocycles. The smallest absolute Gasteiger partial charge is 0.0616 e. The topological polar surface area (TPSA) is 0 Å². The third kappa shape index (κ3) is 3.61. The van der Waals surface area contributed by atoms with E-state index >= 15 is 0 Å². The van der Waals surface area contributed by atoms with Crippen molar-refractivity contribution >= 4 is 43.1 Å². The van der Waals surface area contributed by atoms with Gasteiger partial charge in [-0.15, -0.1) is 0 Å². The van der Waals surface area contributed by atoms with Gasteiger partial charge in [0.15, 0.2) is 0 Å². The fraction of sp³-hybridized carbons (Fsp3) is 0. The van der Waals surface area contributed by atoms with E-state index in [1.807, 2.05) is 42.5 Å². The maximum Gasteiger partial charge on any atom is 0.0636 e. The zero-order chi connectivity index (χ0) is 38.7. The zero-order valence-electron chi connectivity index (χ0n) is 34.9. The Labute approximate surface area is 253 Å². The molecule has 0 unspecified atom stereocenters. The van der Waals surface area contributed by atoms with Crippen molar-refractivity contribution in [3.63, 3.8) is 0 Å². The van der Waals surface area contributed by atoms with Gasteiger partial charge in [-0.05, 0) is 88.6 Å². The van der Waals surface area contributed by atoms with Crippen LogP contribution in [0.3, 0.4) is 0 Å². The van der Waals surface area contributed by atoms with Crippen LogP contribution in [-0.2, 0) is 0 Å². The second-order valence-electron chi connectivity index (χ2n) is 9.42. The van der Waals surface area contributed by atoms with Crippen molar-refractivity contribution in [2.75, 3.05) is 0 Å². The van der Waals surface area contributed by atoms with Gasteiger partial charge in [-0.25, -0.2) is 0 Å². The Kier molecular flexibility index (Phi) is 2.94. The fourth-order valence-corrected chi connectivity index (χ4v) is 5.46. The molecular weight excluding hydrogens is 480 g/mol. The first-order valence-corrected chi connectivity index (χ1v) is 12.7. The Hall–Kier alpha value is -5.20. The number of rotatable bonds is 3. The Morgan fingerprint density at radius 1 is 0.375 bits per heavy atom. The van der Waals surface area contributed by atoms with Crippen molar-refractivity contribution in [3.05, 3.63) is 157 Å². The molecule has 8 aromatic carbocycles. The summed E-state index contributed by atoms with van der Waals surface area (Å²) in [6.07, 6.45) is 0. The molecule has 0 N–H and O–H groups in total. The molecule has 0 bridgehead atoms. The summed E-state index contributed by atoms with van der Waals surface area (Å²) in [5.74, 6) is 0. The summed E-state index contributed by atoms with van der Waals surface area (Å²) in [5.41, 5.74) is 2.34. The van der Waals surface area contributed by atoms with Crippen molar-refractivity contribution in [1.82, 2.24) is 0 Å². The maximum atomic E-state index is 9.15. The lowest BCUT2D eigenvalue weighted by molar-refractivity contribution is 1.63. The van der Waals surface area contributed by atoms with E-state index in [0.717, 1.165) is 5.56 Å². The highest BCUT2D eigenvalue weighted by Crippen LogP contribution is 2.45. The minimum atomic E-state index is -0.544. The van der Waals surface area contributed by atoms with Crippen molar-refractivity contribution in [2.24, 2.45) is 0 Å². The van der Waals surface area contributed by atoms with Crippen LogP contribution >= 0.6 is 0 Å². The summed E-state index contributed by atoms with van der Waals surface area (Å²) in [6.45, 7) is 0. The Morgan fingerprint density at radius 2 is 0.975 bits per heavy atom. The Balaban J connectivity index is 1.48. The summed E-state index contributed by atoms with van der Waals surface area (Å²) >= 11 is 0. The second kappa shape index (κ2) is 9.22. The highest BCUT2D eigenvalue weighted by atomic mass is 14.2. The minimum absolute atomic E-state index is 0.0246. The highest BCUT2D eigenvalue weighted by molar-refractivity contribution is 6.23. The molecule has 0 heterocycles. The monoisotopic (exact) mass is 520 g/mol. The first-order valence-electron chi connectivity index (χ1n) is 19.7. The lowest BCUT2D eigenvalue weighted by Gasteiger charge is -2.19. The summed E-state index contributed by atoms with van der Waals surface area (Å²) in [7, 11) is 0. The van der Waals surface area contributed by atoms with Gasteiger partial charge in [0.25, 0.3) is 0 Å². The van der Waals surface area contributed by atoms with Gasteiger partial charge in [-0.3, -0.25) is 0 Å². The van der Waals surface area contributed by atoms with E-state index in [-0.39, 0.29) is 50.8 Å². The molecule has 40 heavy (non-hydrogen) atoms. The Morgan fingerprint density at radius 3 is 1.73 bits per heavy atom. The van der Waals surface area contributed by atoms with E-state index in [0.29, 0.717) is 38.2 Å². The molecule has 0 aliphatic rings. The molecule has 0 spiro atoms. The van der Waals surface area contributed by atoms with E-state index in [1.165, 1.54) is 0 Å². The van der Waals surface area contributed by atoms with Crippen LogP contribution in [0.4, 0.5) is 0 Å². The normalized spacial score (nSPS) is 16.4. The van der Waals surface area contributed by atoms with Crippen molar-refractivity contribution in [1.29, 1.82) is 0 Å². The van der Waals surface area contributed by atoms with Gasteiger partial charge in [0, 0.05) is 0 Å². The number of hydrogen-bond acceptors (Lipinski definition) is 0. The average molecular weight is 521 g/mol. The molecule has 186 valence electrons. The van der Waals surface area contributed by atoms with Gasteiger partial charge >= 0.3 is 0 Å². The van der Waals surface area contributed by atoms with Gasteiger partial charge in [-0.1, -0.05) is 145 Å². The maximum absolute atomic E-state index is 9.15. The molecule has 0 nitrogen and oxygen atoms in total. The lowest BCUT2D eigenvalue weighted by Crippen LogP contribution is -1.92. The summed E-state index contributed by atoms with van der Waals surface area (Å²) < 4.78 is 121. The van der Waals surface area contributed by atoms with Gasteiger partial charge in [0.2, 0.25) is 0 Å². The third-order valence-electron chi connectivity index (χ3n) is 7.18. The summed E-state index contributed by atoms with van der Waals surface area (Å²) in [4.78, 5) is 0. The predicted molar refractivity (Wildman–Crippen MR) is 173 cm³/mol. The molecule has 0 aliphatic carbocycles. The molecular formula is C40H26. The van der Waals surface area contributed by atoms with Crippen LogP contribution in [-0.4, -0.2) is 0 Å². The lowest BCUT2D eigenvalue weighted by atomic mass is 9.84. The molecule has 0 fully saturated rings. The van der Waals surface area contributed by atoms with E-state index in [2.05, 4.69) is 0 Å². The van der Waals surface area contributed by atoms with Gasteiger partial charge < -0.3 is 0 Å². The molecule has 0 saturated carbocycles. The fourth-order valence-electron chi connectivity index (χ4n) is 5.46. The van der Waals surface area contributed by atoms with Gasteiger partial charge in [0.1, 0.15) is 0 Å². The molecule has 0 heteroatoms. The van der Waals surface area contributed by atoms with Crippen LogP contribution in [0.1, 0.15) is 19.2 Å². The molecule has 0 atom stereocenters. The number of hydrogen-bond donors (Lipinski definition) is 0. The van der Waals surface area contributed by atoms with Crippen molar-refractivity contribution in [2.45, 2.75) is 0 Å². The number of fused-ring (bicyclic) bond motifs is 4. The largest absolute Gasteiger partial charge is 0.0636 e.